The zero-order chi connectivity index (χ0) is 18.4. The molecular weight excluding hydrogens is 340 g/mol. The van der Waals surface area contributed by atoms with Crippen LogP contribution in [0.1, 0.15) is 43.7 Å². The molecule has 1 aromatic carbocycles. The highest BCUT2D eigenvalue weighted by atomic mass is 35.5. The van der Waals surface area contributed by atoms with Gasteiger partial charge >= 0.3 is 0 Å². The highest BCUT2D eigenvalue weighted by Gasteiger charge is 2.43. The van der Waals surface area contributed by atoms with Crippen molar-refractivity contribution in [1.29, 1.82) is 0 Å². The van der Waals surface area contributed by atoms with Crippen molar-refractivity contribution in [2.24, 2.45) is 0 Å². The Morgan fingerprint density at radius 1 is 1.28 bits per heavy atom. The molecule has 2 amide bonds. The lowest BCUT2D eigenvalue weighted by Crippen LogP contribution is -2.35. The van der Waals surface area contributed by atoms with Gasteiger partial charge in [0.2, 0.25) is 5.91 Å². The fourth-order valence-electron chi connectivity index (χ4n) is 3.13. The molecule has 3 rings (SSSR count). The molecule has 2 aromatic rings. The quantitative estimate of drug-likeness (QED) is 0.908. The van der Waals surface area contributed by atoms with Crippen molar-refractivity contribution in [1.82, 2.24) is 9.78 Å². The van der Waals surface area contributed by atoms with E-state index in [1.165, 1.54) is 0 Å². The van der Waals surface area contributed by atoms with E-state index in [0.29, 0.717) is 23.8 Å². The van der Waals surface area contributed by atoms with Crippen LogP contribution in [0.3, 0.4) is 0 Å². The second-order valence-corrected chi connectivity index (χ2v) is 6.95. The van der Waals surface area contributed by atoms with E-state index in [9.17, 15) is 9.59 Å². The predicted molar refractivity (Wildman–Crippen MR) is 98.4 cm³/mol. The topological polar surface area (TPSA) is 67.2 Å². The number of carbonyl (C=O) groups excluding carboxylic acids is 2. The summed E-state index contributed by atoms with van der Waals surface area (Å²) in [5.41, 5.74) is 1.98. The van der Waals surface area contributed by atoms with Crippen LogP contribution in [0.15, 0.2) is 24.4 Å². The Labute approximate surface area is 151 Å². The fraction of sp³-hybridized carbons (Fsp3) is 0.389. The van der Waals surface area contributed by atoms with Gasteiger partial charge in [0.15, 0.2) is 5.69 Å². The number of halogens is 1. The number of carbonyl (C=O) groups is 2. The van der Waals surface area contributed by atoms with Crippen molar-refractivity contribution in [2.75, 3.05) is 16.8 Å². The Bertz CT molecular complexity index is 857. The third-order valence-electron chi connectivity index (χ3n) is 4.57. The van der Waals surface area contributed by atoms with Gasteiger partial charge in [0.25, 0.3) is 5.91 Å². The SMILES string of the molecule is CCN1C(=O)C(C)(C)c2cc(NC(=O)c3nn(CC)cc3Cl)ccc21. The monoisotopic (exact) mass is 360 g/mol. The molecule has 132 valence electrons. The first-order valence-electron chi connectivity index (χ1n) is 8.30. The number of fused-ring (bicyclic) bond motifs is 1. The Morgan fingerprint density at radius 3 is 2.60 bits per heavy atom. The minimum atomic E-state index is -0.618. The van der Waals surface area contributed by atoms with E-state index in [4.69, 9.17) is 11.6 Å². The number of likely N-dealkylation sites (N-methyl/N-ethyl adjacent to an activating group) is 1. The normalized spacial score (nSPS) is 15.4. The van der Waals surface area contributed by atoms with E-state index in [0.717, 1.165) is 11.3 Å². The number of hydrogen-bond acceptors (Lipinski definition) is 3. The lowest BCUT2D eigenvalue weighted by Gasteiger charge is -2.18. The number of aromatic nitrogens is 2. The molecule has 0 spiro atoms. The summed E-state index contributed by atoms with van der Waals surface area (Å²) in [6, 6.07) is 5.51. The zero-order valence-corrected chi connectivity index (χ0v) is 15.5. The molecule has 0 aliphatic carbocycles. The van der Waals surface area contributed by atoms with Gasteiger partial charge in [0.1, 0.15) is 0 Å². The Kier molecular flexibility index (Phi) is 4.33. The molecule has 0 radical (unpaired) electrons. The highest BCUT2D eigenvalue weighted by molar-refractivity contribution is 6.34. The maximum atomic E-state index is 12.6. The van der Waals surface area contributed by atoms with Crippen molar-refractivity contribution < 1.29 is 9.59 Å². The summed E-state index contributed by atoms with van der Waals surface area (Å²) in [6.45, 7) is 8.92. The lowest BCUT2D eigenvalue weighted by atomic mass is 9.86. The van der Waals surface area contributed by atoms with Gasteiger partial charge in [-0.2, -0.15) is 5.10 Å². The molecule has 0 bridgehead atoms. The van der Waals surface area contributed by atoms with Crippen molar-refractivity contribution in [3.8, 4) is 0 Å². The summed E-state index contributed by atoms with van der Waals surface area (Å²) in [7, 11) is 0. The first-order chi connectivity index (χ1) is 11.8. The van der Waals surface area contributed by atoms with Gasteiger partial charge in [-0.25, -0.2) is 0 Å². The van der Waals surface area contributed by atoms with E-state index in [1.807, 2.05) is 39.8 Å². The minimum absolute atomic E-state index is 0.0678. The Hall–Kier alpha value is -2.34. The van der Waals surface area contributed by atoms with Gasteiger partial charge in [-0.05, 0) is 51.5 Å². The zero-order valence-electron chi connectivity index (χ0n) is 14.8. The molecule has 7 heteroatoms. The molecule has 0 unspecified atom stereocenters. The summed E-state index contributed by atoms with van der Waals surface area (Å²) in [5, 5.41) is 7.31. The third kappa shape index (κ3) is 2.80. The first kappa shape index (κ1) is 17.5. The molecule has 25 heavy (non-hydrogen) atoms. The van der Waals surface area contributed by atoms with Gasteiger partial charge in [-0.3, -0.25) is 14.3 Å². The van der Waals surface area contributed by atoms with Crippen LogP contribution in [-0.2, 0) is 16.8 Å². The second kappa shape index (κ2) is 6.19. The highest BCUT2D eigenvalue weighted by Crippen LogP contribution is 2.42. The summed E-state index contributed by atoms with van der Waals surface area (Å²) in [6.07, 6.45) is 1.63. The van der Waals surface area contributed by atoms with E-state index >= 15 is 0 Å². The molecule has 1 aliphatic heterocycles. The molecule has 6 nitrogen and oxygen atoms in total. The van der Waals surface area contributed by atoms with Crippen LogP contribution in [0.4, 0.5) is 11.4 Å². The standard InChI is InChI=1S/C18H21ClN4O2/c1-5-22-10-13(19)15(21-22)16(24)20-11-7-8-14-12(9-11)18(3,4)17(25)23(14)6-2/h7-10H,5-6H2,1-4H3,(H,20,24). The van der Waals surface area contributed by atoms with Crippen LogP contribution < -0.4 is 10.2 Å². The van der Waals surface area contributed by atoms with Crippen LogP contribution >= 0.6 is 11.6 Å². The number of amides is 2. The minimum Gasteiger partial charge on any atom is -0.321 e. The molecule has 2 heterocycles. The van der Waals surface area contributed by atoms with Crippen molar-refractivity contribution >= 4 is 34.8 Å². The van der Waals surface area contributed by atoms with E-state index < -0.39 is 5.41 Å². The number of rotatable bonds is 4. The second-order valence-electron chi connectivity index (χ2n) is 6.54. The number of anilines is 2. The smallest absolute Gasteiger partial charge is 0.277 e. The number of nitrogens with zero attached hydrogens (tertiary/aromatic N) is 3. The largest absolute Gasteiger partial charge is 0.321 e. The lowest BCUT2D eigenvalue weighted by molar-refractivity contribution is -0.122. The average Bonchev–Trinajstić information content (AvgIpc) is 3.04. The Morgan fingerprint density at radius 2 is 2.00 bits per heavy atom. The molecule has 0 fully saturated rings. The molecular formula is C18H21ClN4O2. The number of hydrogen-bond donors (Lipinski definition) is 1. The molecule has 0 saturated carbocycles. The average molecular weight is 361 g/mol. The van der Waals surface area contributed by atoms with E-state index in [1.54, 1.807) is 21.8 Å². The van der Waals surface area contributed by atoms with Crippen LogP contribution in [-0.4, -0.2) is 28.1 Å². The maximum absolute atomic E-state index is 12.6. The van der Waals surface area contributed by atoms with Crippen molar-refractivity contribution in [3.05, 3.63) is 40.7 Å². The van der Waals surface area contributed by atoms with Crippen LogP contribution in [0.5, 0.6) is 0 Å². The van der Waals surface area contributed by atoms with Gasteiger partial charge in [0.05, 0.1) is 10.4 Å². The molecule has 0 saturated heterocycles. The third-order valence-corrected chi connectivity index (χ3v) is 4.85. The van der Waals surface area contributed by atoms with E-state index in [-0.39, 0.29) is 17.5 Å². The first-order valence-corrected chi connectivity index (χ1v) is 8.68. The van der Waals surface area contributed by atoms with Crippen molar-refractivity contribution in [2.45, 2.75) is 39.7 Å². The molecule has 0 atom stereocenters. The molecule has 1 aliphatic rings. The number of nitrogens with one attached hydrogen (secondary N) is 1. The summed E-state index contributed by atoms with van der Waals surface area (Å²) < 4.78 is 1.61. The summed E-state index contributed by atoms with van der Waals surface area (Å²) in [5.74, 6) is -0.301. The summed E-state index contributed by atoms with van der Waals surface area (Å²) in [4.78, 5) is 26.8. The predicted octanol–water partition coefficient (Wildman–Crippen LogP) is 3.45. The van der Waals surface area contributed by atoms with Gasteiger partial charge in [-0.1, -0.05) is 11.6 Å². The van der Waals surface area contributed by atoms with E-state index in [2.05, 4.69) is 10.4 Å². The van der Waals surface area contributed by atoms with Crippen molar-refractivity contribution in [3.63, 3.8) is 0 Å². The fourth-order valence-corrected chi connectivity index (χ4v) is 3.37. The summed E-state index contributed by atoms with van der Waals surface area (Å²) >= 11 is 6.09. The Balaban J connectivity index is 1.91. The maximum Gasteiger partial charge on any atom is 0.277 e. The number of benzene rings is 1. The molecule has 1 aromatic heterocycles. The molecule has 1 N–H and O–H groups in total. The number of aryl methyl sites for hydroxylation is 1. The van der Waals surface area contributed by atoms with Crippen LogP contribution in [0, 0.1) is 0 Å². The van der Waals surface area contributed by atoms with Gasteiger partial charge in [-0.15, -0.1) is 0 Å². The van der Waals surface area contributed by atoms with Crippen LogP contribution in [0.2, 0.25) is 5.02 Å². The van der Waals surface area contributed by atoms with Gasteiger partial charge in [0, 0.05) is 30.7 Å². The van der Waals surface area contributed by atoms with Crippen LogP contribution in [0.25, 0.3) is 0 Å². The van der Waals surface area contributed by atoms with Gasteiger partial charge < -0.3 is 10.2 Å².